The Labute approximate surface area is 167 Å². The summed E-state index contributed by atoms with van der Waals surface area (Å²) in [4.78, 5) is 14.5. The van der Waals surface area contributed by atoms with Crippen LogP contribution in [0.3, 0.4) is 0 Å². The van der Waals surface area contributed by atoms with Gasteiger partial charge in [-0.2, -0.15) is 0 Å². The van der Waals surface area contributed by atoms with Gasteiger partial charge in [0.05, 0.1) is 6.61 Å². The minimum absolute atomic E-state index is 0.109. The van der Waals surface area contributed by atoms with Crippen LogP contribution in [0.1, 0.15) is 45.3 Å². The van der Waals surface area contributed by atoms with Crippen molar-refractivity contribution in [2.45, 2.75) is 33.6 Å². The molecule has 0 atom stereocenters. The Bertz CT molecular complexity index is 919. The molecule has 0 amide bonds. The number of hydrogen-bond donors (Lipinski definition) is 0. The van der Waals surface area contributed by atoms with Crippen LogP contribution in [0.2, 0.25) is 0 Å². The number of aryl methyl sites for hydroxylation is 3. The number of thiophene rings is 1. The molecule has 0 bridgehead atoms. The van der Waals surface area contributed by atoms with Crippen LogP contribution >= 0.6 is 27.3 Å². The number of carbonyl (C=O) groups excluding carboxylic acids is 1. The van der Waals surface area contributed by atoms with Crippen molar-refractivity contribution in [3.05, 3.63) is 63.5 Å². The zero-order chi connectivity index (χ0) is 18.7. The van der Waals surface area contributed by atoms with E-state index in [2.05, 4.69) is 35.0 Å². The van der Waals surface area contributed by atoms with Gasteiger partial charge >= 0.3 is 0 Å². The Morgan fingerprint density at radius 1 is 1.15 bits per heavy atom. The summed E-state index contributed by atoms with van der Waals surface area (Å²) in [5.74, 6) is 1.01. The van der Waals surface area contributed by atoms with Gasteiger partial charge in [0, 0.05) is 31.4 Å². The molecule has 2 aromatic carbocycles. The fourth-order valence-corrected chi connectivity index (χ4v) is 4.65. The van der Waals surface area contributed by atoms with Gasteiger partial charge in [-0.25, -0.2) is 0 Å². The number of rotatable bonds is 7. The second-order valence-electron chi connectivity index (χ2n) is 6.41. The van der Waals surface area contributed by atoms with Crippen LogP contribution in [0.15, 0.2) is 36.4 Å². The minimum atomic E-state index is 0.109. The van der Waals surface area contributed by atoms with E-state index in [4.69, 9.17) is 4.74 Å². The summed E-state index contributed by atoms with van der Waals surface area (Å²) < 4.78 is 7.09. The van der Waals surface area contributed by atoms with E-state index in [-0.39, 0.29) is 5.78 Å². The number of hydrogen-bond acceptors (Lipinski definition) is 3. The van der Waals surface area contributed by atoms with E-state index in [1.165, 1.54) is 4.70 Å². The first-order valence-corrected chi connectivity index (χ1v) is 10.9. The average molecular weight is 431 g/mol. The molecule has 0 aliphatic heterocycles. The van der Waals surface area contributed by atoms with E-state index in [9.17, 15) is 4.79 Å². The first kappa shape index (κ1) is 19.1. The maximum absolute atomic E-state index is 13.3. The molecule has 2 nitrogen and oxygen atoms in total. The summed E-state index contributed by atoms with van der Waals surface area (Å²) in [6, 6.07) is 12.1. The summed E-state index contributed by atoms with van der Waals surface area (Å²) in [7, 11) is 0. The predicted octanol–water partition coefficient (Wildman–Crippen LogP) is 6.48. The van der Waals surface area contributed by atoms with Gasteiger partial charge < -0.3 is 4.74 Å². The molecule has 0 aliphatic carbocycles. The molecule has 0 fully saturated rings. The van der Waals surface area contributed by atoms with Gasteiger partial charge in [0.1, 0.15) is 5.75 Å². The number of benzene rings is 2. The van der Waals surface area contributed by atoms with Crippen LogP contribution in [0.5, 0.6) is 5.75 Å². The lowest BCUT2D eigenvalue weighted by Crippen LogP contribution is -2.07. The number of ketones is 1. The van der Waals surface area contributed by atoms with Gasteiger partial charge in [-0.1, -0.05) is 41.1 Å². The Morgan fingerprint density at radius 3 is 2.50 bits per heavy atom. The first-order valence-electron chi connectivity index (χ1n) is 8.92. The summed E-state index contributed by atoms with van der Waals surface area (Å²) >= 11 is 5.14. The third kappa shape index (κ3) is 3.72. The Morgan fingerprint density at radius 2 is 1.85 bits per heavy atom. The highest BCUT2D eigenvalue weighted by molar-refractivity contribution is 9.09. The SMILES string of the molecule is CCc1sc2ccccc2c1C(=O)c1cc(C)c(OCCCBr)c(C)c1. The van der Waals surface area contributed by atoms with Crippen LogP contribution in [-0.4, -0.2) is 17.7 Å². The maximum atomic E-state index is 13.3. The molecular formula is C22H23BrO2S. The Balaban J connectivity index is 2.01. The fourth-order valence-electron chi connectivity index (χ4n) is 3.28. The monoisotopic (exact) mass is 430 g/mol. The van der Waals surface area contributed by atoms with Gasteiger partial charge in [0.25, 0.3) is 0 Å². The lowest BCUT2D eigenvalue weighted by atomic mass is 9.96. The highest BCUT2D eigenvalue weighted by Crippen LogP contribution is 2.34. The number of fused-ring (bicyclic) bond motifs is 1. The van der Waals surface area contributed by atoms with Gasteiger partial charge in [-0.3, -0.25) is 4.79 Å². The summed E-state index contributed by atoms with van der Waals surface area (Å²) in [5.41, 5.74) is 3.63. The lowest BCUT2D eigenvalue weighted by Gasteiger charge is -2.14. The summed E-state index contributed by atoms with van der Waals surface area (Å²) in [6.07, 6.45) is 1.83. The molecule has 3 aromatic rings. The predicted molar refractivity (Wildman–Crippen MR) is 114 cm³/mol. The van der Waals surface area contributed by atoms with Crippen molar-refractivity contribution in [3.8, 4) is 5.75 Å². The normalized spacial score (nSPS) is 11.1. The number of carbonyl (C=O) groups is 1. The molecule has 26 heavy (non-hydrogen) atoms. The van der Waals surface area contributed by atoms with Crippen molar-refractivity contribution in [2.24, 2.45) is 0 Å². The molecule has 1 heterocycles. The van der Waals surface area contributed by atoms with Crippen LogP contribution in [0, 0.1) is 13.8 Å². The van der Waals surface area contributed by atoms with E-state index in [1.54, 1.807) is 11.3 Å². The van der Waals surface area contributed by atoms with E-state index in [1.807, 2.05) is 38.1 Å². The second kappa shape index (κ2) is 8.36. The summed E-state index contributed by atoms with van der Waals surface area (Å²) in [5, 5.41) is 1.99. The lowest BCUT2D eigenvalue weighted by molar-refractivity contribution is 0.103. The summed E-state index contributed by atoms with van der Waals surface area (Å²) in [6.45, 7) is 6.81. The zero-order valence-electron chi connectivity index (χ0n) is 15.4. The molecule has 0 N–H and O–H groups in total. The third-order valence-electron chi connectivity index (χ3n) is 4.46. The molecule has 1 aromatic heterocycles. The zero-order valence-corrected chi connectivity index (χ0v) is 17.8. The topological polar surface area (TPSA) is 26.3 Å². The Hall–Kier alpha value is -1.65. The Kier molecular flexibility index (Phi) is 6.15. The van der Waals surface area contributed by atoms with Crippen LogP contribution in [0.25, 0.3) is 10.1 Å². The number of halogens is 1. The van der Waals surface area contributed by atoms with Crippen LogP contribution in [-0.2, 0) is 6.42 Å². The van der Waals surface area contributed by atoms with Crippen LogP contribution < -0.4 is 4.74 Å². The molecule has 0 saturated heterocycles. The van der Waals surface area contributed by atoms with Gasteiger partial charge in [-0.05, 0) is 56.0 Å². The van der Waals surface area contributed by atoms with Crippen molar-refractivity contribution < 1.29 is 9.53 Å². The van der Waals surface area contributed by atoms with Gasteiger partial charge in [-0.15, -0.1) is 11.3 Å². The highest BCUT2D eigenvalue weighted by Gasteiger charge is 2.20. The van der Waals surface area contributed by atoms with Gasteiger partial charge in [0.15, 0.2) is 5.78 Å². The maximum Gasteiger partial charge on any atom is 0.194 e. The molecule has 0 aliphatic rings. The van der Waals surface area contributed by atoms with E-state index >= 15 is 0 Å². The van der Waals surface area contributed by atoms with Crippen molar-refractivity contribution in [1.29, 1.82) is 0 Å². The molecule has 3 rings (SSSR count). The van der Waals surface area contributed by atoms with Crippen LogP contribution in [0.4, 0.5) is 0 Å². The molecule has 0 spiro atoms. The second-order valence-corrected chi connectivity index (χ2v) is 8.34. The van der Waals surface area contributed by atoms with Gasteiger partial charge in [0.2, 0.25) is 0 Å². The fraction of sp³-hybridized carbons (Fsp3) is 0.318. The minimum Gasteiger partial charge on any atom is -0.493 e. The van der Waals surface area contributed by atoms with Crippen molar-refractivity contribution >= 4 is 43.1 Å². The number of alkyl halides is 1. The van der Waals surface area contributed by atoms with E-state index in [0.717, 1.165) is 56.4 Å². The van der Waals surface area contributed by atoms with Crippen molar-refractivity contribution in [3.63, 3.8) is 0 Å². The third-order valence-corrected chi connectivity index (χ3v) is 6.34. The largest absolute Gasteiger partial charge is 0.493 e. The van der Waals surface area contributed by atoms with E-state index < -0.39 is 0 Å². The van der Waals surface area contributed by atoms with E-state index in [0.29, 0.717) is 6.61 Å². The molecule has 0 unspecified atom stereocenters. The molecule has 4 heteroatoms. The molecular weight excluding hydrogens is 408 g/mol. The smallest absolute Gasteiger partial charge is 0.194 e. The molecule has 0 saturated carbocycles. The standard InChI is InChI=1S/C22H23BrO2S/c1-4-18-20(17-8-5-6-9-19(17)26-18)21(24)16-12-14(2)22(15(3)13-16)25-11-7-10-23/h5-6,8-9,12-13H,4,7,10-11H2,1-3H3. The molecule has 136 valence electrons. The highest BCUT2D eigenvalue weighted by atomic mass is 79.9. The number of ether oxygens (including phenoxy) is 1. The van der Waals surface area contributed by atoms with Crippen molar-refractivity contribution in [1.82, 2.24) is 0 Å². The van der Waals surface area contributed by atoms with Crippen molar-refractivity contribution in [2.75, 3.05) is 11.9 Å². The molecule has 0 radical (unpaired) electrons. The average Bonchev–Trinajstić information content (AvgIpc) is 3.01. The first-order chi connectivity index (χ1) is 12.6. The quantitative estimate of drug-likeness (QED) is 0.243.